The van der Waals surface area contributed by atoms with Crippen LogP contribution in [0, 0.1) is 0 Å². The highest BCUT2D eigenvalue weighted by atomic mass is 19.4. The van der Waals surface area contributed by atoms with Gasteiger partial charge in [0.2, 0.25) is 6.41 Å². The zero-order valence-corrected chi connectivity index (χ0v) is 10.6. The van der Waals surface area contributed by atoms with Crippen LogP contribution in [0.3, 0.4) is 0 Å². The molecule has 0 spiro atoms. The zero-order chi connectivity index (χ0) is 14.8. The van der Waals surface area contributed by atoms with Crippen LogP contribution in [-0.4, -0.2) is 25.7 Å². The van der Waals surface area contributed by atoms with Gasteiger partial charge in [-0.2, -0.15) is 13.2 Å². The number of nitrogens with zero attached hydrogens (tertiary/aromatic N) is 1. The van der Waals surface area contributed by atoms with Crippen LogP contribution < -0.4 is 10.2 Å². The summed E-state index contributed by atoms with van der Waals surface area (Å²) in [6.07, 6.45) is -4.47. The van der Waals surface area contributed by atoms with Crippen molar-refractivity contribution in [2.75, 3.05) is 23.3 Å². The van der Waals surface area contributed by atoms with Crippen molar-refractivity contribution in [1.29, 1.82) is 0 Å². The van der Waals surface area contributed by atoms with Crippen LogP contribution >= 0.6 is 0 Å². The van der Waals surface area contributed by atoms with Crippen LogP contribution in [-0.2, 0) is 11.0 Å². The number of hydrogen-bond acceptors (Lipinski definition) is 2. The molecule has 0 bridgehead atoms. The second kappa shape index (κ2) is 5.68. The maximum Gasteiger partial charge on any atom is 0.416 e. The molecule has 1 saturated heterocycles. The topological polar surface area (TPSA) is 32.3 Å². The first-order chi connectivity index (χ1) is 9.40. The number of alkyl halides is 4. The van der Waals surface area contributed by atoms with E-state index < -0.39 is 17.9 Å². The number of carbonyl (C=O) groups excluding carboxylic acids is 1. The number of piperidine rings is 1. The largest absolute Gasteiger partial charge is 0.416 e. The van der Waals surface area contributed by atoms with Crippen molar-refractivity contribution in [1.82, 2.24) is 0 Å². The molecule has 0 saturated carbocycles. The minimum Gasteiger partial charge on any atom is -0.371 e. The Morgan fingerprint density at radius 1 is 1.20 bits per heavy atom. The molecule has 1 aromatic rings. The standard InChI is InChI=1S/C13H14F4N2O/c14-10-1-3-19(4-2-10)12-6-9(13(15,16)17)5-11(7-12)18-8-20/h5-8,10H,1-4H2,(H,18,20). The number of carbonyl (C=O) groups is 1. The van der Waals surface area contributed by atoms with Gasteiger partial charge in [-0.3, -0.25) is 4.79 Å². The van der Waals surface area contributed by atoms with Gasteiger partial charge >= 0.3 is 6.18 Å². The van der Waals surface area contributed by atoms with Crippen LogP contribution in [0.15, 0.2) is 18.2 Å². The maximum atomic E-state index is 13.1. The smallest absolute Gasteiger partial charge is 0.371 e. The minimum atomic E-state index is -4.49. The lowest BCUT2D eigenvalue weighted by Gasteiger charge is -2.31. The molecule has 0 radical (unpaired) electrons. The summed E-state index contributed by atoms with van der Waals surface area (Å²) < 4.78 is 51.5. The van der Waals surface area contributed by atoms with Crippen molar-refractivity contribution in [2.24, 2.45) is 0 Å². The zero-order valence-electron chi connectivity index (χ0n) is 10.6. The molecule has 1 heterocycles. The van der Waals surface area contributed by atoms with E-state index in [0.29, 0.717) is 38.0 Å². The van der Waals surface area contributed by atoms with Crippen LogP contribution in [0.4, 0.5) is 28.9 Å². The average molecular weight is 290 g/mol. The molecule has 20 heavy (non-hydrogen) atoms. The Morgan fingerprint density at radius 3 is 2.40 bits per heavy atom. The highest BCUT2D eigenvalue weighted by Crippen LogP contribution is 2.35. The van der Waals surface area contributed by atoms with Gasteiger partial charge in [0.05, 0.1) is 5.56 Å². The highest BCUT2D eigenvalue weighted by molar-refractivity contribution is 5.74. The normalized spacial score (nSPS) is 17.1. The Balaban J connectivity index is 2.31. The van der Waals surface area contributed by atoms with Crippen LogP contribution in [0.5, 0.6) is 0 Å². The first-order valence-electron chi connectivity index (χ1n) is 6.21. The second-order valence-corrected chi connectivity index (χ2v) is 4.69. The van der Waals surface area contributed by atoms with E-state index in [1.165, 1.54) is 6.07 Å². The molecule has 0 aromatic heterocycles. The molecule has 1 fully saturated rings. The molecule has 7 heteroatoms. The molecule has 1 amide bonds. The van der Waals surface area contributed by atoms with Crippen LogP contribution in [0.1, 0.15) is 18.4 Å². The van der Waals surface area contributed by atoms with E-state index in [1.54, 1.807) is 4.90 Å². The van der Waals surface area contributed by atoms with Crippen molar-refractivity contribution < 1.29 is 22.4 Å². The van der Waals surface area contributed by atoms with Crippen molar-refractivity contribution in [3.8, 4) is 0 Å². The predicted octanol–water partition coefficient (Wildman–Crippen LogP) is 3.21. The van der Waals surface area contributed by atoms with Gasteiger partial charge in [-0.05, 0) is 31.0 Å². The molecule has 1 aromatic carbocycles. The van der Waals surface area contributed by atoms with Gasteiger partial charge < -0.3 is 10.2 Å². The number of hydrogen-bond donors (Lipinski definition) is 1. The van der Waals surface area contributed by atoms with E-state index in [0.717, 1.165) is 12.1 Å². The quantitative estimate of drug-likeness (QED) is 0.685. The van der Waals surface area contributed by atoms with Crippen molar-refractivity contribution in [2.45, 2.75) is 25.2 Å². The Kier molecular flexibility index (Phi) is 4.15. The number of halogens is 4. The highest BCUT2D eigenvalue weighted by Gasteiger charge is 2.32. The number of rotatable bonds is 3. The van der Waals surface area contributed by atoms with Crippen LogP contribution in [0.2, 0.25) is 0 Å². The van der Waals surface area contributed by atoms with Gasteiger partial charge in [0, 0.05) is 24.5 Å². The molecule has 0 unspecified atom stereocenters. The molecular weight excluding hydrogens is 276 g/mol. The predicted molar refractivity (Wildman–Crippen MR) is 67.5 cm³/mol. The van der Waals surface area contributed by atoms with Gasteiger partial charge in [0.1, 0.15) is 6.17 Å². The van der Waals surface area contributed by atoms with E-state index in [9.17, 15) is 22.4 Å². The van der Waals surface area contributed by atoms with Crippen molar-refractivity contribution in [3.05, 3.63) is 23.8 Å². The van der Waals surface area contributed by atoms with Gasteiger partial charge in [0.25, 0.3) is 0 Å². The number of anilines is 2. The summed E-state index contributed by atoms with van der Waals surface area (Å²) in [5.41, 5.74) is -0.412. The number of amides is 1. The lowest BCUT2D eigenvalue weighted by molar-refractivity contribution is -0.137. The fourth-order valence-electron chi connectivity index (χ4n) is 2.21. The third kappa shape index (κ3) is 3.40. The SMILES string of the molecule is O=CNc1cc(N2CCC(F)CC2)cc(C(F)(F)F)c1. The lowest BCUT2D eigenvalue weighted by Crippen LogP contribution is -2.34. The van der Waals surface area contributed by atoms with E-state index >= 15 is 0 Å². The second-order valence-electron chi connectivity index (χ2n) is 4.69. The Morgan fingerprint density at radius 2 is 1.85 bits per heavy atom. The summed E-state index contributed by atoms with van der Waals surface area (Å²) >= 11 is 0. The van der Waals surface area contributed by atoms with E-state index in [2.05, 4.69) is 5.32 Å². The molecule has 1 aliphatic heterocycles. The molecule has 0 aliphatic carbocycles. The number of nitrogens with one attached hydrogen (secondary N) is 1. The summed E-state index contributed by atoms with van der Waals surface area (Å²) in [4.78, 5) is 12.1. The molecule has 3 nitrogen and oxygen atoms in total. The Bertz CT molecular complexity index is 482. The summed E-state index contributed by atoms with van der Waals surface area (Å²) in [7, 11) is 0. The molecular formula is C13H14F4N2O. The average Bonchev–Trinajstić information content (AvgIpc) is 2.38. The van der Waals surface area contributed by atoms with E-state index in [-0.39, 0.29) is 5.69 Å². The third-order valence-corrected chi connectivity index (χ3v) is 3.26. The fraction of sp³-hybridized carbons (Fsp3) is 0.462. The Hall–Kier alpha value is -1.79. The van der Waals surface area contributed by atoms with Gasteiger partial charge in [-0.25, -0.2) is 4.39 Å². The summed E-state index contributed by atoms with van der Waals surface area (Å²) in [6, 6.07) is 3.36. The first kappa shape index (κ1) is 14.6. The number of benzene rings is 1. The van der Waals surface area contributed by atoms with Gasteiger partial charge in [-0.1, -0.05) is 0 Å². The molecule has 110 valence electrons. The van der Waals surface area contributed by atoms with Crippen LogP contribution in [0.25, 0.3) is 0 Å². The third-order valence-electron chi connectivity index (χ3n) is 3.26. The van der Waals surface area contributed by atoms with Crippen molar-refractivity contribution >= 4 is 17.8 Å². The molecule has 1 aliphatic rings. The summed E-state index contributed by atoms with van der Waals surface area (Å²) in [6.45, 7) is 0.728. The van der Waals surface area contributed by atoms with Crippen molar-refractivity contribution in [3.63, 3.8) is 0 Å². The lowest BCUT2D eigenvalue weighted by atomic mass is 10.1. The van der Waals surface area contributed by atoms with Gasteiger partial charge in [-0.15, -0.1) is 0 Å². The molecule has 1 N–H and O–H groups in total. The van der Waals surface area contributed by atoms with E-state index in [4.69, 9.17) is 0 Å². The fourth-order valence-corrected chi connectivity index (χ4v) is 2.21. The minimum absolute atomic E-state index is 0.0761. The van der Waals surface area contributed by atoms with Gasteiger partial charge in [0.15, 0.2) is 0 Å². The first-order valence-corrected chi connectivity index (χ1v) is 6.21. The monoisotopic (exact) mass is 290 g/mol. The summed E-state index contributed by atoms with van der Waals surface area (Å²) in [5.74, 6) is 0. The maximum absolute atomic E-state index is 13.1. The molecule has 2 rings (SSSR count). The summed E-state index contributed by atoms with van der Waals surface area (Å²) in [5, 5.41) is 2.23. The molecule has 0 atom stereocenters. The Labute approximate surface area is 113 Å². The van der Waals surface area contributed by atoms with E-state index in [1.807, 2.05) is 0 Å².